The van der Waals surface area contributed by atoms with Crippen molar-refractivity contribution in [3.8, 4) is 11.1 Å². The van der Waals surface area contributed by atoms with Gasteiger partial charge in [0.25, 0.3) is 5.69 Å². The lowest BCUT2D eigenvalue weighted by atomic mass is 9.99. The van der Waals surface area contributed by atoms with Crippen LogP contribution in [0.15, 0.2) is 42.5 Å². The van der Waals surface area contributed by atoms with Gasteiger partial charge in [0.05, 0.1) is 16.1 Å². The van der Waals surface area contributed by atoms with Crippen LogP contribution in [0, 0.1) is 17.0 Å². The smallest absolute Gasteiger partial charge is 0.335 e. The quantitative estimate of drug-likeness (QED) is 0.675. The van der Waals surface area contributed by atoms with Crippen LogP contribution in [0.25, 0.3) is 11.1 Å². The van der Waals surface area contributed by atoms with Crippen molar-refractivity contribution >= 4 is 11.7 Å². The van der Waals surface area contributed by atoms with Crippen molar-refractivity contribution in [1.82, 2.24) is 0 Å². The molecule has 0 radical (unpaired) electrons. The van der Waals surface area contributed by atoms with E-state index in [1.165, 1.54) is 18.2 Å². The number of hydrogen-bond donors (Lipinski definition) is 1. The van der Waals surface area contributed by atoms with Gasteiger partial charge in [-0.1, -0.05) is 23.8 Å². The molecule has 0 saturated carbocycles. The summed E-state index contributed by atoms with van der Waals surface area (Å²) in [7, 11) is 0. The number of carbonyl (C=O) groups is 1. The lowest BCUT2D eigenvalue weighted by molar-refractivity contribution is -0.384. The number of hydrogen-bond acceptors (Lipinski definition) is 3. The molecule has 1 N–H and O–H groups in total. The Balaban J connectivity index is 2.64. The molecule has 2 aromatic carbocycles. The standard InChI is InChI=1S/C14H11NO4/c1-9-5-6-13(15(18)19)12(7-9)10-3-2-4-11(8-10)14(16)17/h2-8H,1H3,(H,16,17). The fourth-order valence-corrected chi connectivity index (χ4v) is 1.86. The first-order valence-electron chi connectivity index (χ1n) is 5.58. The number of aryl methyl sites for hydroxylation is 1. The van der Waals surface area contributed by atoms with Crippen LogP contribution < -0.4 is 0 Å². The number of nitrogens with zero attached hydrogens (tertiary/aromatic N) is 1. The summed E-state index contributed by atoms with van der Waals surface area (Å²) in [4.78, 5) is 21.5. The molecule has 0 fully saturated rings. The first kappa shape index (κ1) is 12.8. The zero-order valence-electron chi connectivity index (χ0n) is 10.2. The van der Waals surface area contributed by atoms with E-state index in [1.807, 2.05) is 6.92 Å². The molecule has 0 aliphatic heterocycles. The molecule has 2 rings (SSSR count). The highest BCUT2D eigenvalue weighted by molar-refractivity contribution is 5.90. The highest BCUT2D eigenvalue weighted by atomic mass is 16.6. The molecule has 0 saturated heterocycles. The normalized spacial score (nSPS) is 10.2. The number of rotatable bonds is 3. The third-order valence-electron chi connectivity index (χ3n) is 2.77. The van der Waals surface area contributed by atoms with Crippen molar-refractivity contribution in [2.75, 3.05) is 0 Å². The van der Waals surface area contributed by atoms with Gasteiger partial charge >= 0.3 is 5.97 Å². The predicted molar refractivity (Wildman–Crippen MR) is 70.2 cm³/mol. The van der Waals surface area contributed by atoms with Gasteiger partial charge < -0.3 is 5.11 Å². The van der Waals surface area contributed by atoms with E-state index >= 15 is 0 Å². The van der Waals surface area contributed by atoms with E-state index in [0.717, 1.165) is 5.56 Å². The lowest BCUT2D eigenvalue weighted by Gasteiger charge is -2.05. The summed E-state index contributed by atoms with van der Waals surface area (Å²) in [5, 5.41) is 20.0. The fraction of sp³-hybridized carbons (Fsp3) is 0.0714. The number of benzene rings is 2. The predicted octanol–water partition coefficient (Wildman–Crippen LogP) is 3.27. The Morgan fingerprint density at radius 3 is 2.58 bits per heavy atom. The van der Waals surface area contributed by atoms with Gasteiger partial charge in [-0.3, -0.25) is 10.1 Å². The third kappa shape index (κ3) is 2.60. The Hall–Kier alpha value is -2.69. The summed E-state index contributed by atoms with van der Waals surface area (Å²) in [5.74, 6) is -1.06. The Morgan fingerprint density at radius 2 is 1.95 bits per heavy atom. The minimum absolute atomic E-state index is 0.0341. The van der Waals surface area contributed by atoms with E-state index in [2.05, 4.69) is 0 Å². The van der Waals surface area contributed by atoms with Crippen LogP contribution in [0.3, 0.4) is 0 Å². The Bertz CT molecular complexity index is 664. The fourth-order valence-electron chi connectivity index (χ4n) is 1.86. The van der Waals surface area contributed by atoms with Crippen molar-refractivity contribution in [3.05, 3.63) is 63.7 Å². The second-order valence-corrected chi connectivity index (χ2v) is 4.16. The van der Waals surface area contributed by atoms with E-state index in [4.69, 9.17) is 5.11 Å². The maximum absolute atomic E-state index is 11.0. The monoisotopic (exact) mass is 257 g/mol. The van der Waals surface area contributed by atoms with E-state index in [-0.39, 0.29) is 11.3 Å². The van der Waals surface area contributed by atoms with Crippen LogP contribution in [-0.2, 0) is 0 Å². The van der Waals surface area contributed by atoms with Gasteiger partial charge in [0.15, 0.2) is 0 Å². The number of nitro benzene ring substituents is 1. The second-order valence-electron chi connectivity index (χ2n) is 4.16. The molecule has 5 heteroatoms. The van der Waals surface area contributed by atoms with Crippen molar-refractivity contribution in [2.24, 2.45) is 0 Å². The van der Waals surface area contributed by atoms with Gasteiger partial charge in [-0.2, -0.15) is 0 Å². The third-order valence-corrected chi connectivity index (χ3v) is 2.77. The number of aromatic carboxylic acids is 1. The average molecular weight is 257 g/mol. The zero-order valence-corrected chi connectivity index (χ0v) is 10.2. The first-order chi connectivity index (χ1) is 8.99. The largest absolute Gasteiger partial charge is 0.478 e. The van der Waals surface area contributed by atoms with Crippen LogP contribution in [0.5, 0.6) is 0 Å². The molecule has 0 aliphatic rings. The summed E-state index contributed by atoms with van der Waals surface area (Å²) in [6.45, 7) is 1.83. The van der Waals surface area contributed by atoms with Gasteiger partial charge in [0.1, 0.15) is 0 Å². The summed E-state index contributed by atoms with van der Waals surface area (Å²) in [5.41, 5.74) is 1.89. The zero-order chi connectivity index (χ0) is 14.0. The van der Waals surface area contributed by atoms with E-state index in [0.29, 0.717) is 11.1 Å². The number of carboxylic acid groups (broad SMARTS) is 1. The second kappa shape index (κ2) is 4.89. The van der Waals surface area contributed by atoms with Crippen molar-refractivity contribution in [1.29, 1.82) is 0 Å². The van der Waals surface area contributed by atoms with Crippen LogP contribution in [0.1, 0.15) is 15.9 Å². The van der Waals surface area contributed by atoms with E-state index < -0.39 is 10.9 Å². The Kier molecular flexibility index (Phi) is 3.29. The van der Waals surface area contributed by atoms with Crippen LogP contribution in [-0.4, -0.2) is 16.0 Å². The Morgan fingerprint density at radius 1 is 1.21 bits per heavy atom. The molecule has 0 spiro atoms. The molecular weight excluding hydrogens is 246 g/mol. The topological polar surface area (TPSA) is 80.4 Å². The van der Waals surface area contributed by atoms with Gasteiger partial charge in [-0.25, -0.2) is 4.79 Å². The summed E-state index contributed by atoms with van der Waals surface area (Å²) in [6.07, 6.45) is 0. The summed E-state index contributed by atoms with van der Waals surface area (Å²) >= 11 is 0. The van der Waals surface area contributed by atoms with Gasteiger partial charge in [0, 0.05) is 6.07 Å². The summed E-state index contributed by atoms with van der Waals surface area (Å²) in [6, 6.07) is 10.9. The lowest BCUT2D eigenvalue weighted by Crippen LogP contribution is -1.97. The molecule has 19 heavy (non-hydrogen) atoms. The van der Waals surface area contributed by atoms with E-state index in [1.54, 1.807) is 24.3 Å². The maximum Gasteiger partial charge on any atom is 0.335 e. The van der Waals surface area contributed by atoms with Crippen molar-refractivity contribution < 1.29 is 14.8 Å². The van der Waals surface area contributed by atoms with Crippen LogP contribution >= 0.6 is 0 Å². The molecule has 0 unspecified atom stereocenters. The van der Waals surface area contributed by atoms with Crippen LogP contribution in [0.2, 0.25) is 0 Å². The molecule has 0 atom stereocenters. The SMILES string of the molecule is Cc1ccc([N+](=O)[O-])c(-c2cccc(C(=O)O)c2)c1. The minimum atomic E-state index is -1.06. The molecule has 0 amide bonds. The molecule has 0 aliphatic carbocycles. The van der Waals surface area contributed by atoms with Gasteiger partial charge in [0.2, 0.25) is 0 Å². The molecule has 2 aromatic rings. The van der Waals surface area contributed by atoms with Crippen LogP contribution in [0.4, 0.5) is 5.69 Å². The first-order valence-corrected chi connectivity index (χ1v) is 5.58. The molecule has 5 nitrogen and oxygen atoms in total. The molecule has 0 heterocycles. The van der Waals surface area contributed by atoms with Crippen molar-refractivity contribution in [2.45, 2.75) is 6.92 Å². The highest BCUT2D eigenvalue weighted by Crippen LogP contribution is 2.31. The van der Waals surface area contributed by atoms with Gasteiger partial charge in [-0.15, -0.1) is 0 Å². The highest BCUT2D eigenvalue weighted by Gasteiger charge is 2.16. The van der Waals surface area contributed by atoms with Gasteiger partial charge in [-0.05, 0) is 30.7 Å². The minimum Gasteiger partial charge on any atom is -0.478 e. The molecule has 96 valence electrons. The number of nitro groups is 1. The number of carboxylic acids is 1. The summed E-state index contributed by atoms with van der Waals surface area (Å²) < 4.78 is 0. The maximum atomic E-state index is 11.0. The molecule has 0 bridgehead atoms. The van der Waals surface area contributed by atoms with E-state index in [9.17, 15) is 14.9 Å². The molecular formula is C14H11NO4. The van der Waals surface area contributed by atoms with Crippen molar-refractivity contribution in [3.63, 3.8) is 0 Å². The average Bonchev–Trinajstić information content (AvgIpc) is 2.38. The molecule has 0 aromatic heterocycles. The Labute approximate surface area is 109 Å².